The molecule has 1 fully saturated rings. The second-order valence-corrected chi connectivity index (χ2v) is 6.31. The van der Waals surface area contributed by atoms with Crippen LogP contribution in [0.25, 0.3) is 0 Å². The lowest BCUT2D eigenvalue weighted by atomic mass is 9.93. The van der Waals surface area contributed by atoms with E-state index in [9.17, 15) is 13.2 Å². The monoisotopic (exact) mass is 339 g/mol. The van der Waals surface area contributed by atoms with Crippen molar-refractivity contribution in [1.82, 2.24) is 15.0 Å². The number of hydrogen-bond donors (Lipinski definition) is 0. The minimum absolute atomic E-state index is 0.335. The lowest BCUT2D eigenvalue weighted by Crippen LogP contribution is -2.34. The van der Waals surface area contributed by atoms with Gasteiger partial charge in [-0.2, -0.15) is 18.2 Å². The maximum atomic E-state index is 13.1. The Hall–Kier alpha value is -1.89. The molecule has 0 spiro atoms. The van der Waals surface area contributed by atoms with Gasteiger partial charge in [-0.05, 0) is 50.4 Å². The Bertz CT molecular complexity index is 676. The van der Waals surface area contributed by atoms with Crippen LogP contribution in [-0.4, -0.2) is 28.1 Å². The SMILES string of the molecule is Cc1noc(CC2CCN(Cc3ccccc3C(F)(F)F)CC2)n1. The summed E-state index contributed by atoms with van der Waals surface area (Å²) in [6.07, 6.45) is -1.70. The first-order valence-electron chi connectivity index (χ1n) is 8.08. The second-order valence-electron chi connectivity index (χ2n) is 6.31. The van der Waals surface area contributed by atoms with E-state index in [4.69, 9.17) is 4.52 Å². The molecule has 1 aliphatic rings. The third kappa shape index (κ3) is 4.14. The van der Waals surface area contributed by atoms with E-state index in [2.05, 4.69) is 15.0 Å². The highest BCUT2D eigenvalue weighted by Crippen LogP contribution is 2.33. The van der Waals surface area contributed by atoms with Crippen molar-refractivity contribution in [2.24, 2.45) is 5.92 Å². The Morgan fingerprint density at radius 1 is 1.21 bits per heavy atom. The zero-order valence-electron chi connectivity index (χ0n) is 13.5. The van der Waals surface area contributed by atoms with Crippen molar-refractivity contribution in [2.75, 3.05) is 13.1 Å². The predicted molar refractivity (Wildman–Crippen MR) is 82.2 cm³/mol. The number of aromatic nitrogens is 2. The minimum atomic E-state index is -4.30. The summed E-state index contributed by atoms with van der Waals surface area (Å²) in [7, 11) is 0. The molecule has 0 atom stereocenters. The number of benzene rings is 1. The zero-order chi connectivity index (χ0) is 17.2. The molecule has 4 nitrogen and oxygen atoms in total. The van der Waals surface area contributed by atoms with E-state index in [1.54, 1.807) is 19.1 Å². The quantitative estimate of drug-likeness (QED) is 0.848. The lowest BCUT2D eigenvalue weighted by molar-refractivity contribution is -0.138. The first-order chi connectivity index (χ1) is 11.4. The minimum Gasteiger partial charge on any atom is -0.339 e. The molecule has 2 aromatic rings. The van der Waals surface area contributed by atoms with Crippen LogP contribution in [-0.2, 0) is 19.1 Å². The molecule has 0 N–H and O–H groups in total. The molecule has 0 aliphatic carbocycles. The lowest BCUT2D eigenvalue weighted by Gasteiger charge is -2.32. The van der Waals surface area contributed by atoms with Crippen LogP contribution in [0.1, 0.15) is 35.7 Å². The summed E-state index contributed by atoms with van der Waals surface area (Å²) >= 11 is 0. The van der Waals surface area contributed by atoms with Crippen molar-refractivity contribution in [3.05, 3.63) is 47.1 Å². The van der Waals surface area contributed by atoms with Gasteiger partial charge in [-0.1, -0.05) is 23.4 Å². The van der Waals surface area contributed by atoms with E-state index < -0.39 is 11.7 Å². The van der Waals surface area contributed by atoms with Crippen molar-refractivity contribution >= 4 is 0 Å². The third-order valence-corrected chi connectivity index (χ3v) is 4.46. The standard InChI is InChI=1S/C17H20F3N3O/c1-12-21-16(24-22-12)10-13-6-8-23(9-7-13)11-14-4-2-3-5-15(14)17(18,19)20/h2-5,13H,6-11H2,1H3. The van der Waals surface area contributed by atoms with Gasteiger partial charge in [0.1, 0.15) is 0 Å². The summed E-state index contributed by atoms with van der Waals surface area (Å²) < 4.78 is 44.3. The molecule has 24 heavy (non-hydrogen) atoms. The van der Waals surface area contributed by atoms with Gasteiger partial charge in [-0.25, -0.2) is 0 Å². The van der Waals surface area contributed by atoms with Gasteiger partial charge in [0.15, 0.2) is 5.82 Å². The molecule has 0 saturated carbocycles. The molecule has 1 aliphatic heterocycles. The molecule has 1 aromatic heterocycles. The van der Waals surface area contributed by atoms with Gasteiger partial charge in [0.05, 0.1) is 5.56 Å². The highest BCUT2D eigenvalue weighted by molar-refractivity contribution is 5.29. The van der Waals surface area contributed by atoms with Gasteiger partial charge >= 0.3 is 6.18 Å². The van der Waals surface area contributed by atoms with Crippen molar-refractivity contribution in [3.63, 3.8) is 0 Å². The normalized spacial score (nSPS) is 17.3. The number of hydrogen-bond acceptors (Lipinski definition) is 4. The summed E-state index contributed by atoms with van der Waals surface area (Å²) in [6, 6.07) is 5.82. The summed E-state index contributed by atoms with van der Waals surface area (Å²) in [5, 5.41) is 3.78. The summed E-state index contributed by atoms with van der Waals surface area (Å²) in [5.41, 5.74) is -0.190. The number of halogens is 3. The van der Waals surface area contributed by atoms with Crippen LogP contribution in [0.5, 0.6) is 0 Å². The van der Waals surface area contributed by atoms with E-state index in [-0.39, 0.29) is 0 Å². The Labute approximate surface area is 138 Å². The second kappa shape index (κ2) is 6.93. The molecular weight excluding hydrogens is 319 g/mol. The molecule has 2 heterocycles. The van der Waals surface area contributed by atoms with Crippen LogP contribution in [0, 0.1) is 12.8 Å². The number of likely N-dealkylation sites (tertiary alicyclic amines) is 1. The first-order valence-corrected chi connectivity index (χ1v) is 8.08. The Morgan fingerprint density at radius 3 is 2.54 bits per heavy atom. The molecule has 1 saturated heterocycles. The van der Waals surface area contributed by atoms with Crippen LogP contribution < -0.4 is 0 Å². The van der Waals surface area contributed by atoms with Crippen LogP contribution in [0.4, 0.5) is 13.2 Å². The number of aryl methyl sites for hydroxylation is 1. The van der Waals surface area contributed by atoms with Gasteiger partial charge in [0.25, 0.3) is 0 Å². The first kappa shape index (κ1) is 17.0. The molecule has 7 heteroatoms. The van der Waals surface area contributed by atoms with Crippen molar-refractivity contribution in [1.29, 1.82) is 0 Å². The van der Waals surface area contributed by atoms with Crippen LogP contribution >= 0.6 is 0 Å². The highest BCUT2D eigenvalue weighted by atomic mass is 19.4. The van der Waals surface area contributed by atoms with E-state index in [1.807, 2.05) is 0 Å². The summed E-state index contributed by atoms with van der Waals surface area (Å²) in [4.78, 5) is 6.30. The molecule has 0 bridgehead atoms. The number of piperidine rings is 1. The van der Waals surface area contributed by atoms with Crippen LogP contribution in [0.3, 0.4) is 0 Å². The van der Waals surface area contributed by atoms with E-state index in [0.717, 1.165) is 38.4 Å². The molecule has 1 aromatic carbocycles. The van der Waals surface area contributed by atoms with Crippen molar-refractivity contribution < 1.29 is 17.7 Å². The molecular formula is C17H20F3N3O. The van der Waals surface area contributed by atoms with Gasteiger partial charge in [-0.3, -0.25) is 4.90 Å². The smallest absolute Gasteiger partial charge is 0.339 e. The maximum absolute atomic E-state index is 13.1. The zero-order valence-corrected chi connectivity index (χ0v) is 13.5. The molecule has 130 valence electrons. The van der Waals surface area contributed by atoms with Gasteiger partial charge in [-0.15, -0.1) is 0 Å². The summed E-state index contributed by atoms with van der Waals surface area (Å²) in [6.45, 7) is 3.68. The fraction of sp³-hybridized carbons (Fsp3) is 0.529. The predicted octanol–water partition coefficient (Wildman–Crippen LogP) is 3.85. The Balaban J connectivity index is 1.56. The average Bonchev–Trinajstić information content (AvgIpc) is 2.94. The molecule has 0 radical (unpaired) electrons. The van der Waals surface area contributed by atoms with Crippen molar-refractivity contribution in [2.45, 2.75) is 38.9 Å². The maximum Gasteiger partial charge on any atom is 0.416 e. The van der Waals surface area contributed by atoms with Gasteiger partial charge in [0.2, 0.25) is 5.89 Å². The number of rotatable bonds is 4. The summed E-state index contributed by atoms with van der Waals surface area (Å²) in [5.74, 6) is 1.72. The highest BCUT2D eigenvalue weighted by Gasteiger charge is 2.33. The van der Waals surface area contributed by atoms with Gasteiger partial charge in [0, 0.05) is 13.0 Å². The third-order valence-electron chi connectivity index (χ3n) is 4.46. The van der Waals surface area contributed by atoms with E-state index in [0.29, 0.717) is 29.7 Å². The van der Waals surface area contributed by atoms with Crippen LogP contribution in [0.2, 0.25) is 0 Å². The fourth-order valence-electron chi connectivity index (χ4n) is 3.19. The van der Waals surface area contributed by atoms with Crippen LogP contribution in [0.15, 0.2) is 28.8 Å². The van der Waals surface area contributed by atoms with E-state index >= 15 is 0 Å². The Morgan fingerprint density at radius 2 is 1.92 bits per heavy atom. The molecule has 0 amide bonds. The van der Waals surface area contributed by atoms with E-state index in [1.165, 1.54) is 6.07 Å². The number of nitrogens with zero attached hydrogens (tertiary/aromatic N) is 3. The topological polar surface area (TPSA) is 42.2 Å². The Kier molecular flexibility index (Phi) is 4.89. The fourth-order valence-corrected chi connectivity index (χ4v) is 3.19. The largest absolute Gasteiger partial charge is 0.416 e. The molecule has 3 rings (SSSR count). The van der Waals surface area contributed by atoms with Gasteiger partial charge < -0.3 is 4.52 Å². The molecule has 0 unspecified atom stereocenters. The van der Waals surface area contributed by atoms with Crippen molar-refractivity contribution in [3.8, 4) is 0 Å². The number of alkyl halides is 3. The average molecular weight is 339 g/mol.